The van der Waals surface area contributed by atoms with E-state index in [1.165, 1.54) is 12.1 Å². The number of nitrogen functional groups attached to an aromatic ring is 1. The van der Waals surface area contributed by atoms with E-state index in [2.05, 4.69) is 19.9 Å². The highest BCUT2D eigenvalue weighted by molar-refractivity contribution is 5.99. The molecule has 2 aromatic heterocycles. The molecule has 0 bridgehead atoms. The normalized spacial score (nSPS) is 22.3. The van der Waals surface area contributed by atoms with Gasteiger partial charge in [0.2, 0.25) is 5.88 Å². The lowest BCUT2D eigenvalue weighted by atomic mass is 9.99. The Labute approximate surface area is 193 Å². The summed E-state index contributed by atoms with van der Waals surface area (Å²) in [6.45, 7) is 1.76. The molecule has 4 heterocycles. The Morgan fingerprint density at radius 3 is 2.76 bits per heavy atom. The second-order valence-corrected chi connectivity index (χ2v) is 8.36. The molecule has 0 radical (unpaired) electrons. The molecule has 0 spiro atoms. The van der Waals surface area contributed by atoms with Crippen LogP contribution < -0.4 is 10.5 Å². The molecule has 178 valence electrons. The first kappa shape index (κ1) is 22.4. The molecule has 2 aliphatic heterocycles. The van der Waals surface area contributed by atoms with Gasteiger partial charge in [0.25, 0.3) is 5.91 Å². The number of pyridine rings is 1. The summed E-state index contributed by atoms with van der Waals surface area (Å²) in [7, 11) is 0. The molecule has 0 aliphatic carbocycles. The Morgan fingerprint density at radius 2 is 2.03 bits per heavy atom. The van der Waals surface area contributed by atoms with E-state index in [1.54, 1.807) is 17.0 Å². The minimum atomic E-state index is -3.00. The van der Waals surface area contributed by atoms with Gasteiger partial charge in [0.05, 0.1) is 49.2 Å². The van der Waals surface area contributed by atoms with Crippen molar-refractivity contribution in [3.8, 4) is 5.88 Å². The summed E-state index contributed by atoms with van der Waals surface area (Å²) in [5.41, 5.74) is 9.52. The number of hydrogen-bond acceptors (Lipinski definition) is 8. The summed E-state index contributed by atoms with van der Waals surface area (Å²) in [5.74, 6) is -0.0748. The number of nitrogens with two attached hydrogens (primary N) is 1. The lowest BCUT2D eigenvalue weighted by Crippen LogP contribution is -2.49. The van der Waals surface area contributed by atoms with Crippen molar-refractivity contribution in [2.75, 3.05) is 18.9 Å². The van der Waals surface area contributed by atoms with Crippen LogP contribution in [0.3, 0.4) is 0 Å². The van der Waals surface area contributed by atoms with Crippen molar-refractivity contribution in [3.63, 3.8) is 0 Å². The summed E-state index contributed by atoms with van der Waals surface area (Å²) < 4.78 is 40.6. The van der Waals surface area contributed by atoms with E-state index in [0.29, 0.717) is 35.8 Å². The molecule has 1 aromatic carbocycles. The fraction of sp³-hybridized carbons (Fsp3) is 0.391. The third-order valence-corrected chi connectivity index (χ3v) is 6.19. The van der Waals surface area contributed by atoms with Crippen molar-refractivity contribution in [2.45, 2.75) is 45.3 Å². The first-order valence-corrected chi connectivity index (χ1v) is 10.9. The zero-order valence-electron chi connectivity index (χ0n) is 18.6. The topological polar surface area (TPSA) is 113 Å². The number of morpholine rings is 1. The molecule has 3 aromatic rings. The van der Waals surface area contributed by atoms with Crippen LogP contribution in [0.4, 0.5) is 14.6 Å². The van der Waals surface area contributed by atoms with Crippen LogP contribution in [0, 0.1) is 0 Å². The average molecular weight is 471 g/mol. The highest BCUT2D eigenvalue weighted by Gasteiger charge is 2.36. The smallest absolute Gasteiger partial charge is 0.388 e. The van der Waals surface area contributed by atoms with Crippen molar-refractivity contribution in [1.29, 1.82) is 0 Å². The van der Waals surface area contributed by atoms with Crippen LogP contribution in [0.15, 0.2) is 30.3 Å². The molecule has 1 saturated heterocycles. The number of anilines is 1. The van der Waals surface area contributed by atoms with Gasteiger partial charge in [-0.25, -0.2) is 4.98 Å². The SMILES string of the molecule is C[C@H]1OCc2c1c(N)nc1ccc(C(=O)N3[C@@H](C)COC[C@H]3c3ccc(OC(F)F)nn3)cc21. The average Bonchev–Trinajstić information content (AvgIpc) is 3.21. The van der Waals surface area contributed by atoms with Gasteiger partial charge < -0.3 is 24.8 Å². The molecule has 11 heteroatoms. The highest BCUT2D eigenvalue weighted by atomic mass is 19.3. The summed E-state index contributed by atoms with van der Waals surface area (Å²) >= 11 is 0. The number of aromatic nitrogens is 3. The Bertz CT molecular complexity index is 1240. The second kappa shape index (κ2) is 8.73. The van der Waals surface area contributed by atoms with Crippen LogP contribution in [0.25, 0.3) is 10.9 Å². The van der Waals surface area contributed by atoms with E-state index in [0.717, 1.165) is 16.5 Å². The zero-order valence-corrected chi connectivity index (χ0v) is 18.6. The highest BCUT2D eigenvalue weighted by Crippen LogP contribution is 2.38. The molecule has 5 rings (SSSR count). The zero-order chi connectivity index (χ0) is 24.0. The second-order valence-electron chi connectivity index (χ2n) is 8.36. The van der Waals surface area contributed by atoms with Crippen LogP contribution in [0.1, 0.15) is 53.2 Å². The van der Waals surface area contributed by atoms with Crippen LogP contribution >= 0.6 is 0 Å². The molecule has 0 saturated carbocycles. The standard InChI is InChI=1S/C23H23F2N5O4/c1-11-8-32-10-18(17-5-6-19(29-28-17)34-23(24)25)30(11)22(31)13-3-4-16-14(7-13)15-9-33-12(2)20(15)21(26)27-16/h3-7,11-12,18,23H,8-10H2,1-2H3,(H2,26,27)/t11-,12+,18-/m0/s1. The fourth-order valence-electron chi connectivity index (χ4n) is 4.60. The monoisotopic (exact) mass is 471 g/mol. The molecule has 3 atom stereocenters. The summed E-state index contributed by atoms with van der Waals surface area (Å²) in [6, 6.07) is 7.32. The first-order valence-electron chi connectivity index (χ1n) is 10.9. The number of amides is 1. The largest absolute Gasteiger partial charge is 0.415 e. The van der Waals surface area contributed by atoms with E-state index in [9.17, 15) is 13.6 Å². The maximum atomic E-state index is 13.7. The van der Waals surface area contributed by atoms with E-state index >= 15 is 0 Å². The van der Waals surface area contributed by atoms with E-state index in [-0.39, 0.29) is 30.5 Å². The van der Waals surface area contributed by atoms with E-state index in [1.807, 2.05) is 19.9 Å². The van der Waals surface area contributed by atoms with Crippen molar-refractivity contribution in [2.24, 2.45) is 0 Å². The Balaban J connectivity index is 1.50. The molecule has 2 aliphatic rings. The van der Waals surface area contributed by atoms with Gasteiger partial charge in [-0.15, -0.1) is 10.2 Å². The lowest BCUT2D eigenvalue weighted by Gasteiger charge is -2.40. The third kappa shape index (κ3) is 3.90. The molecule has 34 heavy (non-hydrogen) atoms. The maximum absolute atomic E-state index is 13.7. The Kier molecular flexibility index (Phi) is 5.74. The molecule has 0 unspecified atom stereocenters. The van der Waals surface area contributed by atoms with Crippen LogP contribution in [0.5, 0.6) is 5.88 Å². The van der Waals surface area contributed by atoms with Gasteiger partial charge in [-0.1, -0.05) is 0 Å². The number of carbonyl (C=O) groups is 1. The molecular formula is C23H23F2N5O4. The van der Waals surface area contributed by atoms with E-state index < -0.39 is 12.7 Å². The van der Waals surface area contributed by atoms with Crippen molar-refractivity contribution < 1.29 is 27.8 Å². The Hall–Kier alpha value is -3.44. The van der Waals surface area contributed by atoms with Gasteiger partial charge in [0.1, 0.15) is 5.82 Å². The first-order chi connectivity index (χ1) is 16.3. The Morgan fingerprint density at radius 1 is 1.21 bits per heavy atom. The van der Waals surface area contributed by atoms with Crippen LogP contribution in [0.2, 0.25) is 0 Å². The van der Waals surface area contributed by atoms with Gasteiger partial charge in [-0.3, -0.25) is 4.79 Å². The molecular weight excluding hydrogens is 448 g/mol. The predicted molar refractivity (Wildman–Crippen MR) is 117 cm³/mol. The number of rotatable bonds is 4. The van der Waals surface area contributed by atoms with Gasteiger partial charge in [-0.2, -0.15) is 8.78 Å². The number of halogens is 2. The number of alkyl halides is 2. The molecule has 2 N–H and O–H groups in total. The molecule has 1 fully saturated rings. The van der Waals surface area contributed by atoms with Crippen LogP contribution in [-0.4, -0.2) is 51.9 Å². The number of hydrogen-bond donors (Lipinski definition) is 1. The number of fused-ring (bicyclic) bond motifs is 3. The fourth-order valence-corrected chi connectivity index (χ4v) is 4.60. The van der Waals surface area contributed by atoms with Crippen molar-refractivity contribution >= 4 is 22.6 Å². The van der Waals surface area contributed by atoms with Crippen molar-refractivity contribution in [3.05, 3.63) is 52.7 Å². The van der Waals surface area contributed by atoms with Crippen LogP contribution in [-0.2, 0) is 16.1 Å². The number of ether oxygens (including phenoxy) is 3. The quantitative estimate of drug-likeness (QED) is 0.616. The summed E-state index contributed by atoms with van der Waals surface area (Å²) in [4.78, 5) is 19.9. The van der Waals surface area contributed by atoms with Crippen molar-refractivity contribution in [1.82, 2.24) is 20.1 Å². The molecule has 1 amide bonds. The predicted octanol–water partition coefficient (Wildman–Crippen LogP) is 3.40. The number of carbonyl (C=O) groups excluding carboxylic acids is 1. The van der Waals surface area contributed by atoms with Gasteiger partial charge >= 0.3 is 6.61 Å². The number of benzene rings is 1. The van der Waals surface area contributed by atoms with Gasteiger partial charge in [-0.05, 0) is 43.7 Å². The summed E-state index contributed by atoms with van der Waals surface area (Å²) in [5, 5.41) is 8.53. The molecule has 9 nitrogen and oxygen atoms in total. The summed E-state index contributed by atoms with van der Waals surface area (Å²) in [6.07, 6.45) is -0.162. The lowest BCUT2D eigenvalue weighted by molar-refractivity contribution is -0.0538. The van der Waals surface area contributed by atoms with Gasteiger partial charge in [0, 0.05) is 22.6 Å². The van der Waals surface area contributed by atoms with E-state index in [4.69, 9.17) is 15.2 Å². The van der Waals surface area contributed by atoms with Gasteiger partial charge in [0.15, 0.2) is 0 Å². The maximum Gasteiger partial charge on any atom is 0.388 e. The third-order valence-electron chi connectivity index (χ3n) is 6.19. The minimum absolute atomic E-state index is 0.162. The minimum Gasteiger partial charge on any atom is -0.415 e. The number of nitrogens with zero attached hydrogens (tertiary/aromatic N) is 4.